The number of thioether (sulfide) groups is 1. The molecule has 2 aromatic carbocycles. The van der Waals surface area contributed by atoms with Crippen molar-refractivity contribution >= 4 is 11.8 Å². The maximum absolute atomic E-state index is 13.8. The molecule has 2 heterocycles. The van der Waals surface area contributed by atoms with Crippen molar-refractivity contribution in [3.8, 4) is 28.5 Å². The summed E-state index contributed by atoms with van der Waals surface area (Å²) in [6.45, 7) is 3.62. The maximum atomic E-state index is 13.8. The number of nitrogens with zero attached hydrogens (tertiary/aromatic N) is 4. The van der Waals surface area contributed by atoms with Crippen LogP contribution < -0.4 is 4.74 Å². The molecule has 0 saturated heterocycles. The van der Waals surface area contributed by atoms with Gasteiger partial charge < -0.3 is 9.26 Å². The Morgan fingerprint density at radius 3 is 2.59 bits per heavy atom. The molecule has 148 valence electrons. The first kappa shape index (κ1) is 19.1. The minimum Gasteiger partial charge on any atom is -0.497 e. The van der Waals surface area contributed by atoms with E-state index < -0.39 is 0 Å². The highest BCUT2D eigenvalue weighted by Gasteiger charge is 2.19. The zero-order valence-corrected chi connectivity index (χ0v) is 16.8. The van der Waals surface area contributed by atoms with Gasteiger partial charge >= 0.3 is 0 Å². The summed E-state index contributed by atoms with van der Waals surface area (Å²) in [7, 11) is 1.62. The summed E-state index contributed by atoms with van der Waals surface area (Å²) < 4.78 is 24.3. The van der Waals surface area contributed by atoms with Crippen LogP contribution in [0.15, 0.2) is 52.1 Å². The van der Waals surface area contributed by atoms with Gasteiger partial charge in [-0.05, 0) is 49.7 Å². The van der Waals surface area contributed by atoms with Gasteiger partial charge in [-0.25, -0.2) is 9.37 Å². The van der Waals surface area contributed by atoms with Crippen LogP contribution >= 0.6 is 11.8 Å². The molecule has 0 aliphatic heterocycles. The summed E-state index contributed by atoms with van der Waals surface area (Å²) >= 11 is 1.39. The number of halogens is 1. The standard InChI is InChI=1S/C20H18FN5O2S/c1-11-4-5-14(10-16(11)21)18-22-19(28-26-18)12(2)29-20-23-17(24-25-20)13-6-8-15(27-3)9-7-13/h4-10,12H,1-3H3,(H,23,24,25). The summed E-state index contributed by atoms with van der Waals surface area (Å²) in [5, 5.41) is 11.5. The minimum atomic E-state index is -0.303. The van der Waals surface area contributed by atoms with Crippen molar-refractivity contribution in [3.63, 3.8) is 0 Å². The molecule has 1 atom stereocenters. The Kier molecular flexibility index (Phi) is 5.30. The van der Waals surface area contributed by atoms with Crippen molar-refractivity contribution in [1.29, 1.82) is 0 Å². The Morgan fingerprint density at radius 2 is 1.86 bits per heavy atom. The molecule has 7 nitrogen and oxygen atoms in total. The van der Waals surface area contributed by atoms with Crippen LogP contribution in [0.1, 0.15) is 23.6 Å². The lowest BCUT2D eigenvalue weighted by Crippen LogP contribution is -1.91. The molecule has 1 N–H and O–H groups in total. The molecule has 0 bridgehead atoms. The van der Waals surface area contributed by atoms with E-state index in [0.29, 0.717) is 33.8 Å². The summed E-state index contributed by atoms with van der Waals surface area (Å²) in [6, 6.07) is 12.4. The zero-order valence-electron chi connectivity index (χ0n) is 16.0. The number of benzene rings is 2. The van der Waals surface area contributed by atoms with Crippen LogP contribution in [0.25, 0.3) is 22.8 Å². The average Bonchev–Trinajstić information content (AvgIpc) is 3.40. The fraction of sp³-hybridized carbons (Fsp3) is 0.200. The second-order valence-electron chi connectivity index (χ2n) is 6.38. The smallest absolute Gasteiger partial charge is 0.240 e. The molecule has 29 heavy (non-hydrogen) atoms. The topological polar surface area (TPSA) is 89.7 Å². The van der Waals surface area contributed by atoms with Crippen molar-refractivity contribution < 1.29 is 13.7 Å². The van der Waals surface area contributed by atoms with E-state index in [4.69, 9.17) is 9.26 Å². The molecule has 0 radical (unpaired) electrons. The molecule has 0 aliphatic carbocycles. The number of hydrogen-bond donors (Lipinski definition) is 1. The third kappa shape index (κ3) is 4.14. The molecule has 0 amide bonds. The number of nitrogens with one attached hydrogen (secondary N) is 1. The van der Waals surface area contributed by atoms with Crippen LogP contribution in [0.2, 0.25) is 0 Å². The van der Waals surface area contributed by atoms with Gasteiger partial charge in [0, 0.05) is 11.1 Å². The van der Waals surface area contributed by atoms with Gasteiger partial charge in [0.15, 0.2) is 5.82 Å². The van der Waals surface area contributed by atoms with Crippen molar-refractivity contribution in [2.24, 2.45) is 0 Å². The third-order valence-corrected chi connectivity index (χ3v) is 5.28. The highest BCUT2D eigenvalue weighted by atomic mass is 32.2. The van der Waals surface area contributed by atoms with E-state index in [-0.39, 0.29) is 11.1 Å². The highest BCUT2D eigenvalue weighted by Crippen LogP contribution is 2.33. The first-order valence-corrected chi connectivity index (χ1v) is 9.75. The Morgan fingerprint density at radius 1 is 1.10 bits per heavy atom. The number of methoxy groups -OCH3 is 1. The van der Waals surface area contributed by atoms with Gasteiger partial charge in [0.05, 0.1) is 12.4 Å². The average molecular weight is 411 g/mol. The van der Waals surface area contributed by atoms with E-state index in [9.17, 15) is 4.39 Å². The van der Waals surface area contributed by atoms with Crippen LogP contribution in [-0.4, -0.2) is 32.4 Å². The Bertz CT molecular complexity index is 1130. The normalized spacial score (nSPS) is 12.1. The fourth-order valence-corrected chi connectivity index (χ4v) is 3.39. The van der Waals surface area contributed by atoms with E-state index in [0.717, 1.165) is 11.3 Å². The second kappa shape index (κ2) is 8.04. The van der Waals surface area contributed by atoms with Crippen LogP contribution in [-0.2, 0) is 0 Å². The van der Waals surface area contributed by atoms with Gasteiger partial charge in [0.1, 0.15) is 11.6 Å². The maximum Gasteiger partial charge on any atom is 0.240 e. The molecule has 0 fully saturated rings. The van der Waals surface area contributed by atoms with Gasteiger partial charge in [0.25, 0.3) is 0 Å². The first-order chi connectivity index (χ1) is 14.0. The Balaban J connectivity index is 1.47. The summed E-state index contributed by atoms with van der Waals surface area (Å²) in [6.07, 6.45) is 0. The predicted molar refractivity (Wildman–Crippen MR) is 107 cm³/mol. The Labute approximate surface area is 170 Å². The molecule has 4 aromatic rings. The number of H-pyrrole nitrogens is 1. The van der Waals surface area contributed by atoms with Crippen LogP contribution in [0.4, 0.5) is 4.39 Å². The predicted octanol–water partition coefficient (Wildman–Crippen LogP) is 4.83. The zero-order chi connectivity index (χ0) is 20.4. The molecule has 0 spiro atoms. The van der Waals surface area contributed by atoms with Gasteiger partial charge in [-0.15, -0.1) is 5.10 Å². The molecule has 9 heteroatoms. The molecule has 2 aromatic heterocycles. The number of aromatic nitrogens is 5. The van der Waals surface area contributed by atoms with Crippen molar-refractivity contribution in [1.82, 2.24) is 25.3 Å². The lowest BCUT2D eigenvalue weighted by Gasteiger charge is -2.02. The quantitative estimate of drug-likeness (QED) is 0.454. The van der Waals surface area contributed by atoms with Gasteiger partial charge in [0.2, 0.25) is 16.9 Å². The number of rotatable bonds is 6. The summed E-state index contributed by atoms with van der Waals surface area (Å²) in [5.41, 5.74) is 2.04. The van der Waals surface area contributed by atoms with Crippen molar-refractivity contribution in [3.05, 3.63) is 59.7 Å². The van der Waals surface area contributed by atoms with E-state index >= 15 is 0 Å². The van der Waals surface area contributed by atoms with E-state index in [1.54, 1.807) is 26.2 Å². The van der Waals surface area contributed by atoms with Gasteiger partial charge in [-0.2, -0.15) is 4.98 Å². The monoisotopic (exact) mass is 411 g/mol. The summed E-state index contributed by atoms with van der Waals surface area (Å²) in [5.74, 6) is 1.89. The van der Waals surface area contributed by atoms with Crippen LogP contribution in [0, 0.1) is 12.7 Å². The van der Waals surface area contributed by atoms with Gasteiger partial charge in [-0.3, -0.25) is 5.10 Å². The van der Waals surface area contributed by atoms with Crippen molar-refractivity contribution in [2.75, 3.05) is 7.11 Å². The fourth-order valence-electron chi connectivity index (χ4n) is 2.64. The second-order valence-corrected chi connectivity index (χ2v) is 7.68. The lowest BCUT2D eigenvalue weighted by atomic mass is 10.1. The molecular formula is C20H18FN5O2S. The third-order valence-electron chi connectivity index (χ3n) is 4.33. The molecule has 0 aliphatic rings. The number of ether oxygens (including phenoxy) is 1. The largest absolute Gasteiger partial charge is 0.497 e. The van der Waals surface area contributed by atoms with E-state index in [1.807, 2.05) is 31.2 Å². The molecule has 1 unspecified atom stereocenters. The van der Waals surface area contributed by atoms with Crippen molar-refractivity contribution in [2.45, 2.75) is 24.3 Å². The molecule has 4 rings (SSSR count). The highest BCUT2D eigenvalue weighted by molar-refractivity contribution is 7.99. The van der Waals surface area contributed by atoms with Crippen LogP contribution in [0.5, 0.6) is 5.75 Å². The number of aromatic amines is 1. The van der Waals surface area contributed by atoms with E-state index in [2.05, 4.69) is 25.3 Å². The van der Waals surface area contributed by atoms with E-state index in [1.165, 1.54) is 17.8 Å². The summed E-state index contributed by atoms with van der Waals surface area (Å²) in [4.78, 5) is 8.89. The van der Waals surface area contributed by atoms with Crippen LogP contribution in [0.3, 0.4) is 0 Å². The molecular weight excluding hydrogens is 393 g/mol. The minimum absolute atomic E-state index is 0.175. The first-order valence-electron chi connectivity index (χ1n) is 8.87. The number of aryl methyl sites for hydroxylation is 1. The molecule has 0 saturated carbocycles. The number of hydrogen-bond acceptors (Lipinski definition) is 7. The lowest BCUT2D eigenvalue weighted by molar-refractivity contribution is 0.380. The Hall–Kier alpha value is -3.20. The SMILES string of the molecule is COc1ccc(-c2nc(SC(C)c3nc(-c4ccc(C)c(F)c4)no3)n[nH]2)cc1. The van der Waals surface area contributed by atoms with Gasteiger partial charge in [-0.1, -0.05) is 29.1 Å².